The number of amides is 1. The van der Waals surface area contributed by atoms with E-state index in [9.17, 15) is 13.2 Å². The van der Waals surface area contributed by atoms with Crippen LogP contribution in [0.15, 0.2) is 11.5 Å². The maximum absolute atomic E-state index is 10.8. The van der Waals surface area contributed by atoms with E-state index >= 15 is 0 Å². The summed E-state index contributed by atoms with van der Waals surface area (Å²) >= 11 is 0. The Balaban J connectivity index is 2.51. The minimum absolute atomic E-state index is 0.0568. The molecule has 0 fully saturated rings. The van der Waals surface area contributed by atoms with Crippen LogP contribution in [0.25, 0.3) is 0 Å². The van der Waals surface area contributed by atoms with Gasteiger partial charge in [0.1, 0.15) is 0 Å². The van der Waals surface area contributed by atoms with Crippen molar-refractivity contribution in [2.45, 2.75) is 6.04 Å². The molecule has 1 aliphatic rings. The van der Waals surface area contributed by atoms with Gasteiger partial charge in [-0.15, -0.1) is 0 Å². The van der Waals surface area contributed by atoms with Crippen molar-refractivity contribution >= 4 is 15.7 Å². The molecule has 0 aromatic rings. The second kappa shape index (κ2) is 3.24. The van der Waals surface area contributed by atoms with Gasteiger partial charge in [-0.2, -0.15) is 0 Å². The van der Waals surface area contributed by atoms with Crippen LogP contribution in [0.4, 0.5) is 0 Å². The highest BCUT2D eigenvalue weighted by Gasteiger charge is 2.22. The van der Waals surface area contributed by atoms with E-state index in [1.54, 1.807) is 0 Å². The van der Waals surface area contributed by atoms with Crippen LogP contribution in [0.5, 0.6) is 0 Å². The minimum atomic E-state index is -3.09. The van der Waals surface area contributed by atoms with Crippen molar-refractivity contribution in [3.8, 4) is 0 Å². The summed E-state index contributed by atoms with van der Waals surface area (Å²) in [5.41, 5.74) is 5.03. The molecule has 68 valence electrons. The van der Waals surface area contributed by atoms with Gasteiger partial charge in [0.25, 0.3) is 0 Å². The van der Waals surface area contributed by atoms with Crippen LogP contribution in [-0.4, -0.2) is 32.7 Å². The topological polar surface area (TPSA) is 89.3 Å². The second-order valence-corrected chi connectivity index (χ2v) is 4.47. The van der Waals surface area contributed by atoms with Gasteiger partial charge in [-0.05, 0) is 6.08 Å². The highest BCUT2D eigenvalue weighted by molar-refractivity contribution is 7.94. The Labute approximate surface area is 70.5 Å². The number of hydrogen-bond donors (Lipinski definition) is 2. The summed E-state index contributed by atoms with van der Waals surface area (Å²) in [6.07, 6.45) is 1.45. The summed E-state index contributed by atoms with van der Waals surface area (Å²) in [6.45, 7) is -0.121. The lowest BCUT2D eigenvalue weighted by Gasteiger charge is -2.07. The molecule has 0 aromatic carbocycles. The first kappa shape index (κ1) is 9.21. The van der Waals surface area contributed by atoms with Gasteiger partial charge in [0.15, 0.2) is 9.84 Å². The number of sulfone groups is 1. The Morgan fingerprint density at radius 2 is 2.33 bits per heavy atom. The highest BCUT2D eigenvalue weighted by Crippen LogP contribution is 2.07. The van der Waals surface area contributed by atoms with E-state index in [1.165, 1.54) is 6.08 Å². The van der Waals surface area contributed by atoms with Crippen LogP contribution >= 0.6 is 0 Å². The number of rotatable bonds is 2. The number of carbonyl (C=O) groups is 1. The molecule has 0 bridgehead atoms. The molecule has 0 spiro atoms. The predicted molar refractivity (Wildman–Crippen MR) is 43.9 cm³/mol. The van der Waals surface area contributed by atoms with E-state index in [0.717, 1.165) is 5.41 Å². The van der Waals surface area contributed by atoms with Crippen LogP contribution in [0.3, 0.4) is 0 Å². The fourth-order valence-electron chi connectivity index (χ4n) is 0.931. The van der Waals surface area contributed by atoms with E-state index in [4.69, 9.17) is 5.73 Å². The van der Waals surface area contributed by atoms with Gasteiger partial charge in [-0.3, -0.25) is 4.79 Å². The molecule has 1 atom stereocenters. The third-order valence-corrected chi connectivity index (χ3v) is 2.86. The van der Waals surface area contributed by atoms with Crippen LogP contribution in [0, 0.1) is 0 Å². The quantitative estimate of drug-likeness (QED) is 0.547. The van der Waals surface area contributed by atoms with Crippen molar-refractivity contribution < 1.29 is 13.2 Å². The van der Waals surface area contributed by atoms with Crippen molar-refractivity contribution in [1.29, 1.82) is 0 Å². The van der Waals surface area contributed by atoms with Crippen LogP contribution in [-0.2, 0) is 14.6 Å². The molecule has 12 heavy (non-hydrogen) atoms. The largest absolute Gasteiger partial charge is 0.348 e. The van der Waals surface area contributed by atoms with E-state index in [1.807, 2.05) is 0 Å². The third kappa shape index (κ3) is 2.31. The van der Waals surface area contributed by atoms with Crippen molar-refractivity contribution in [3.63, 3.8) is 0 Å². The van der Waals surface area contributed by atoms with Gasteiger partial charge in [0.2, 0.25) is 5.91 Å². The Morgan fingerprint density at radius 1 is 1.67 bits per heavy atom. The molecule has 0 radical (unpaired) electrons. The molecular weight excluding hydrogens is 180 g/mol. The van der Waals surface area contributed by atoms with E-state index in [0.29, 0.717) is 0 Å². The standard InChI is InChI=1S/C6H10N2O3S/c7-3-6(9)8-5-1-2-12(10,11)4-5/h1-2,5H,3-4,7H2,(H,8,9). The Bertz CT molecular complexity index is 307. The summed E-state index contributed by atoms with van der Waals surface area (Å²) in [5, 5.41) is 3.56. The zero-order valence-corrected chi connectivity index (χ0v) is 7.17. The first-order valence-corrected chi connectivity index (χ1v) is 5.15. The van der Waals surface area contributed by atoms with Crippen molar-refractivity contribution in [2.24, 2.45) is 5.73 Å². The van der Waals surface area contributed by atoms with Crippen LogP contribution < -0.4 is 11.1 Å². The number of hydrogen-bond acceptors (Lipinski definition) is 4. The smallest absolute Gasteiger partial charge is 0.234 e. The minimum Gasteiger partial charge on any atom is -0.348 e. The van der Waals surface area contributed by atoms with E-state index < -0.39 is 15.9 Å². The molecular formula is C6H10N2O3S. The molecule has 5 nitrogen and oxygen atoms in total. The Kier molecular flexibility index (Phi) is 2.49. The maximum Gasteiger partial charge on any atom is 0.234 e. The molecule has 1 heterocycles. The van der Waals surface area contributed by atoms with Crippen molar-refractivity contribution in [2.75, 3.05) is 12.3 Å². The van der Waals surface area contributed by atoms with Gasteiger partial charge in [0.05, 0.1) is 18.3 Å². The molecule has 1 aliphatic heterocycles. The molecule has 1 rings (SSSR count). The normalized spacial score (nSPS) is 25.6. The van der Waals surface area contributed by atoms with Gasteiger partial charge >= 0.3 is 0 Å². The molecule has 0 aliphatic carbocycles. The van der Waals surface area contributed by atoms with Crippen LogP contribution in [0.2, 0.25) is 0 Å². The number of nitrogens with one attached hydrogen (secondary N) is 1. The number of carbonyl (C=O) groups excluding carboxylic acids is 1. The first-order valence-electron chi connectivity index (χ1n) is 3.44. The van der Waals surface area contributed by atoms with E-state index in [-0.39, 0.29) is 18.2 Å². The average Bonchev–Trinajstić information content (AvgIpc) is 2.30. The zero-order chi connectivity index (χ0) is 9.19. The lowest BCUT2D eigenvalue weighted by Crippen LogP contribution is -2.39. The Morgan fingerprint density at radius 3 is 2.75 bits per heavy atom. The highest BCUT2D eigenvalue weighted by atomic mass is 32.2. The molecule has 0 saturated carbocycles. The summed E-state index contributed by atoms with van der Waals surface area (Å²) in [6, 6.07) is -0.411. The lowest BCUT2D eigenvalue weighted by atomic mass is 10.3. The summed E-state index contributed by atoms with van der Waals surface area (Å²) < 4.78 is 21.7. The monoisotopic (exact) mass is 190 g/mol. The Hall–Kier alpha value is -0.880. The van der Waals surface area contributed by atoms with Crippen molar-refractivity contribution in [3.05, 3.63) is 11.5 Å². The van der Waals surface area contributed by atoms with Gasteiger partial charge in [-0.25, -0.2) is 8.42 Å². The van der Waals surface area contributed by atoms with E-state index in [2.05, 4.69) is 5.32 Å². The fourth-order valence-corrected chi connectivity index (χ4v) is 2.17. The van der Waals surface area contributed by atoms with Gasteiger partial charge in [-0.1, -0.05) is 0 Å². The molecule has 1 unspecified atom stereocenters. The molecule has 0 aromatic heterocycles. The molecule has 3 N–H and O–H groups in total. The second-order valence-electron chi connectivity index (χ2n) is 2.54. The third-order valence-electron chi connectivity index (χ3n) is 1.46. The summed E-state index contributed by atoms with van der Waals surface area (Å²) in [5.74, 6) is -0.402. The van der Waals surface area contributed by atoms with Crippen molar-refractivity contribution in [1.82, 2.24) is 5.32 Å². The lowest BCUT2D eigenvalue weighted by molar-refractivity contribution is -0.120. The SMILES string of the molecule is NCC(=O)NC1C=CS(=O)(=O)C1. The van der Waals surface area contributed by atoms with Gasteiger partial charge in [0, 0.05) is 5.41 Å². The molecule has 0 saturated heterocycles. The maximum atomic E-state index is 10.8. The fraction of sp³-hybridized carbons (Fsp3) is 0.500. The van der Waals surface area contributed by atoms with Gasteiger partial charge < -0.3 is 11.1 Å². The zero-order valence-electron chi connectivity index (χ0n) is 6.36. The summed E-state index contributed by atoms with van der Waals surface area (Å²) in [4.78, 5) is 10.7. The molecule has 6 heteroatoms. The first-order chi connectivity index (χ1) is 5.53. The average molecular weight is 190 g/mol. The van der Waals surface area contributed by atoms with Crippen LogP contribution in [0.1, 0.15) is 0 Å². The predicted octanol–water partition coefficient (Wildman–Crippen LogP) is -1.63. The molecule has 1 amide bonds. The summed E-state index contributed by atoms with van der Waals surface area (Å²) in [7, 11) is -3.09. The number of nitrogens with two attached hydrogens (primary N) is 1.